The Balaban J connectivity index is 1.90. The van der Waals surface area contributed by atoms with Crippen LogP contribution in [0, 0.1) is 5.92 Å². The first-order valence-corrected chi connectivity index (χ1v) is 8.08. The van der Waals surface area contributed by atoms with Crippen LogP contribution >= 0.6 is 0 Å². The van der Waals surface area contributed by atoms with Gasteiger partial charge in [0, 0.05) is 12.5 Å². The lowest BCUT2D eigenvalue weighted by Gasteiger charge is -2.34. The van der Waals surface area contributed by atoms with E-state index in [4.69, 9.17) is 4.42 Å². The minimum atomic E-state index is -1.09. The predicted molar refractivity (Wildman–Crippen MR) is 96.2 cm³/mol. The van der Waals surface area contributed by atoms with Gasteiger partial charge in [-0.2, -0.15) is 0 Å². The molecule has 2 aromatic carbocycles. The molecular weight excluding hydrogens is 298 g/mol. The third-order valence-electron chi connectivity index (χ3n) is 4.28. The van der Waals surface area contributed by atoms with Crippen molar-refractivity contribution in [2.75, 3.05) is 6.54 Å². The van der Waals surface area contributed by atoms with Crippen LogP contribution < -0.4 is 0 Å². The van der Waals surface area contributed by atoms with Crippen LogP contribution in [0.25, 0.3) is 0 Å². The van der Waals surface area contributed by atoms with Gasteiger partial charge in [-0.05, 0) is 23.3 Å². The van der Waals surface area contributed by atoms with Crippen LogP contribution in [0.1, 0.15) is 23.8 Å². The highest BCUT2D eigenvalue weighted by Crippen LogP contribution is 2.36. The highest BCUT2D eigenvalue weighted by Gasteiger charge is 2.37. The van der Waals surface area contributed by atoms with Crippen LogP contribution in [-0.4, -0.2) is 17.9 Å². The third-order valence-corrected chi connectivity index (χ3v) is 4.28. The molecule has 1 atom stereocenters. The Hall–Kier alpha value is -2.65. The van der Waals surface area contributed by atoms with Gasteiger partial charge in [-0.25, -0.2) is 0 Å². The molecule has 122 valence electrons. The van der Waals surface area contributed by atoms with Gasteiger partial charge >= 0.3 is 0 Å². The summed E-state index contributed by atoms with van der Waals surface area (Å²) in [5, 5.41) is 11.6. The molecule has 0 saturated carbocycles. The molecule has 3 rings (SSSR count). The summed E-state index contributed by atoms with van der Waals surface area (Å²) >= 11 is 0. The molecule has 1 aromatic heterocycles. The van der Waals surface area contributed by atoms with Crippen molar-refractivity contribution in [2.45, 2.75) is 12.5 Å². The number of hydrogen-bond donors (Lipinski definition) is 1. The number of hydrogen-bond acceptors (Lipinski definition) is 3. The molecule has 3 heteroatoms. The SMILES string of the molecule is CC(CN=Cc1ccco1)C(O)(c1ccccc1)c1ccccc1. The number of nitrogens with zero attached hydrogens (tertiary/aromatic N) is 1. The van der Waals surface area contributed by atoms with Crippen molar-refractivity contribution in [1.29, 1.82) is 0 Å². The highest BCUT2D eigenvalue weighted by atomic mass is 16.3. The van der Waals surface area contributed by atoms with Crippen molar-refractivity contribution >= 4 is 6.21 Å². The van der Waals surface area contributed by atoms with E-state index < -0.39 is 5.60 Å². The van der Waals surface area contributed by atoms with Gasteiger partial charge in [-0.3, -0.25) is 4.99 Å². The van der Waals surface area contributed by atoms with Crippen LogP contribution in [0.4, 0.5) is 0 Å². The van der Waals surface area contributed by atoms with Gasteiger partial charge in [0.1, 0.15) is 11.4 Å². The molecule has 0 amide bonds. The number of benzene rings is 2. The maximum Gasteiger partial charge on any atom is 0.144 e. The molecule has 0 aliphatic rings. The Kier molecular flexibility index (Phi) is 4.92. The van der Waals surface area contributed by atoms with Crippen molar-refractivity contribution in [3.05, 3.63) is 95.9 Å². The van der Waals surface area contributed by atoms with Crippen molar-refractivity contribution in [1.82, 2.24) is 0 Å². The molecule has 0 fully saturated rings. The van der Waals surface area contributed by atoms with Crippen LogP contribution in [-0.2, 0) is 5.60 Å². The number of furan rings is 1. The van der Waals surface area contributed by atoms with E-state index in [2.05, 4.69) is 4.99 Å². The van der Waals surface area contributed by atoms with Crippen LogP contribution in [0.15, 0.2) is 88.5 Å². The molecule has 0 bridgehead atoms. The maximum absolute atomic E-state index is 11.6. The number of aliphatic imine (C=N–C) groups is 1. The first-order valence-electron chi connectivity index (χ1n) is 8.08. The second kappa shape index (κ2) is 7.28. The lowest BCUT2D eigenvalue weighted by Crippen LogP contribution is -2.36. The number of aliphatic hydroxyl groups is 1. The van der Waals surface area contributed by atoms with Crippen molar-refractivity contribution in [3.8, 4) is 0 Å². The fourth-order valence-electron chi connectivity index (χ4n) is 2.92. The van der Waals surface area contributed by atoms with E-state index in [-0.39, 0.29) is 5.92 Å². The van der Waals surface area contributed by atoms with E-state index in [0.29, 0.717) is 12.3 Å². The molecule has 0 radical (unpaired) electrons. The lowest BCUT2D eigenvalue weighted by atomic mass is 9.77. The summed E-state index contributed by atoms with van der Waals surface area (Å²) in [6.07, 6.45) is 3.32. The summed E-state index contributed by atoms with van der Waals surface area (Å²) < 4.78 is 5.26. The summed E-state index contributed by atoms with van der Waals surface area (Å²) in [5.74, 6) is 0.610. The van der Waals surface area contributed by atoms with E-state index >= 15 is 0 Å². The van der Waals surface area contributed by atoms with Gasteiger partial charge in [0.15, 0.2) is 0 Å². The second-order valence-electron chi connectivity index (χ2n) is 5.91. The predicted octanol–water partition coefficient (Wildman–Crippen LogP) is 4.27. The zero-order valence-corrected chi connectivity index (χ0v) is 13.7. The van der Waals surface area contributed by atoms with E-state index in [1.165, 1.54) is 0 Å². The average molecular weight is 319 g/mol. The molecule has 3 aromatic rings. The molecule has 1 heterocycles. The lowest BCUT2D eigenvalue weighted by molar-refractivity contribution is 0.0279. The van der Waals surface area contributed by atoms with Crippen molar-refractivity contribution in [2.24, 2.45) is 10.9 Å². The Morgan fingerprint density at radius 1 is 0.958 bits per heavy atom. The Labute approximate surface area is 142 Å². The van der Waals surface area contributed by atoms with E-state index in [9.17, 15) is 5.11 Å². The Morgan fingerprint density at radius 3 is 2.04 bits per heavy atom. The minimum Gasteiger partial charge on any atom is -0.463 e. The summed E-state index contributed by atoms with van der Waals surface area (Å²) in [6.45, 7) is 2.50. The van der Waals surface area contributed by atoms with Crippen LogP contribution in [0.3, 0.4) is 0 Å². The smallest absolute Gasteiger partial charge is 0.144 e. The highest BCUT2D eigenvalue weighted by molar-refractivity contribution is 5.75. The van der Waals surface area contributed by atoms with E-state index in [1.807, 2.05) is 79.7 Å². The summed E-state index contributed by atoms with van der Waals surface area (Å²) in [6, 6.07) is 23.2. The zero-order valence-electron chi connectivity index (χ0n) is 13.7. The Morgan fingerprint density at radius 2 is 1.54 bits per heavy atom. The van der Waals surface area contributed by atoms with E-state index in [0.717, 1.165) is 11.1 Å². The van der Waals surface area contributed by atoms with Gasteiger partial charge in [0.2, 0.25) is 0 Å². The quantitative estimate of drug-likeness (QED) is 0.690. The molecule has 3 nitrogen and oxygen atoms in total. The first kappa shape index (κ1) is 16.2. The standard InChI is InChI=1S/C21H21NO2/c1-17(15-22-16-20-13-8-14-24-20)21(23,18-9-4-2-5-10-18)19-11-6-3-7-12-19/h2-14,16-17,23H,15H2,1H3. The van der Waals surface area contributed by atoms with Crippen LogP contribution in [0.2, 0.25) is 0 Å². The van der Waals surface area contributed by atoms with Crippen molar-refractivity contribution in [3.63, 3.8) is 0 Å². The molecule has 0 aliphatic heterocycles. The molecule has 24 heavy (non-hydrogen) atoms. The fourth-order valence-corrected chi connectivity index (χ4v) is 2.92. The maximum atomic E-state index is 11.6. The summed E-state index contributed by atoms with van der Waals surface area (Å²) in [4.78, 5) is 4.45. The van der Waals surface area contributed by atoms with E-state index in [1.54, 1.807) is 12.5 Å². The first-order chi connectivity index (χ1) is 11.7. The molecule has 0 saturated heterocycles. The largest absolute Gasteiger partial charge is 0.463 e. The molecule has 0 spiro atoms. The average Bonchev–Trinajstić information content (AvgIpc) is 3.16. The zero-order chi connectivity index (χ0) is 16.8. The van der Waals surface area contributed by atoms with Gasteiger partial charge in [0.25, 0.3) is 0 Å². The minimum absolute atomic E-state index is 0.103. The van der Waals surface area contributed by atoms with Gasteiger partial charge in [-0.15, -0.1) is 0 Å². The Bertz CT molecular complexity index is 725. The summed E-state index contributed by atoms with van der Waals surface area (Å²) in [7, 11) is 0. The third kappa shape index (κ3) is 3.31. The topological polar surface area (TPSA) is 45.7 Å². The number of rotatable bonds is 6. The van der Waals surface area contributed by atoms with Gasteiger partial charge in [0.05, 0.1) is 12.5 Å². The van der Waals surface area contributed by atoms with Gasteiger partial charge in [-0.1, -0.05) is 67.6 Å². The molecule has 1 unspecified atom stereocenters. The van der Waals surface area contributed by atoms with Crippen molar-refractivity contribution < 1.29 is 9.52 Å². The van der Waals surface area contributed by atoms with Gasteiger partial charge < -0.3 is 9.52 Å². The second-order valence-corrected chi connectivity index (χ2v) is 5.91. The monoisotopic (exact) mass is 319 g/mol. The fraction of sp³-hybridized carbons (Fsp3) is 0.190. The molecule has 1 N–H and O–H groups in total. The van der Waals surface area contributed by atoms with Crippen LogP contribution in [0.5, 0.6) is 0 Å². The molecular formula is C21H21NO2. The summed E-state index contributed by atoms with van der Waals surface area (Å²) in [5.41, 5.74) is 0.650. The normalized spacial score (nSPS) is 13.2. The molecule has 0 aliphatic carbocycles.